The second kappa shape index (κ2) is 6.33. The minimum absolute atomic E-state index is 0.155. The first kappa shape index (κ1) is 14.4. The van der Waals surface area contributed by atoms with Crippen molar-refractivity contribution >= 4 is 5.97 Å². The number of carboxylic acids is 1. The maximum Gasteiger partial charge on any atom is 0.321 e. The minimum atomic E-state index is -0.957. The van der Waals surface area contributed by atoms with Gasteiger partial charge in [-0.3, -0.25) is 4.79 Å². The van der Waals surface area contributed by atoms with E-state index in [1.807, 2.05) is 0 Å². The predicted octanol–water partition coefficient (Wildman–Crippen LogP) is 0.441. The highest BCUT2D eigenvalue weighted by Gasteiger charge is 2.30. The Morgan fingerprint density at radius 2 is 2.12 bits per heavy atom. The van der Waals surface area contributed by atoms with Crippen molar-refractivity contribution < 1.29 is 14.6 Å². The van der Waals surface area contributed by atoms with Crippen LogP contribution in [0.25, 0.3) is 0 Å². The van der Waals surface area contributed by atoms with E-state index in [0.29, 0.717) is 12.5 Å². The molecule has 100 valence electrons. The molecular formula is C12H24N2O3. The zero-order valence-electron chi connectivity index (χ0n) is 10.7. The van der Waals surface area contributed by atoms with Crippen molar-refractivity contribution in [3.8, 4) is 0 Å². The first-order valence-electron chi connectivity index (χ1n) is 6.20. The van der Waals surface area contributed by atoms with E-state index in [9.17, 15) is 4.79 Å². The van der Waals surface area contributed by atoms with E-state index in [2.05, 4.69) is 19.2 Å². The number of nitrogens with two attached hydrogens (primary N) is 1. The van der Waals surface area contributed by atoms with Gasteiger partial charge < -0.3 is 20.9 Å². The van der Waals surface area contributed by atoms with Crippen LogP contribution in [0, 0.1) is 11.3 Å². The SMILES string of the molecule is CC(C)(CNCC(N)C(=O)O)C1CCOCC1. The van der Waals surface area contributed by atoms with Crippen LogP contribution in [0.15, 0.2) is 0 Å². The maximum absolute atomic E-state index is 10.6. The van der Waals surface area contributed by atoms with Crippen LogP contribution in [0.2, 0.25) is 0 Å². The van der Waals surface area contributed by atoms with Crippen LogP contribution in [0.5, 0.6) is 0 Å². The highest BCUT2D eigenvalue weighted by Crippen LogP contribution is 2.33. The zero-order valence-corrected chi connectivity index (χ0v) is 10.7. The van der Waals surface area contributed by atoms with Crippen LogP contribution in [-0.4, -0.2) is 43.4 Å². The topological polar surface area (TPSA) is 84.6 Å². The van der Waals surface area contributed by atoms with Gasteiger partial charge in [0, 0.05) is 26.3 Å². The monoisotopic (exact) mass is 244 g/mol. The number of carbonyl (C=O) groups is 1. The fourth-order valence-electron chi connectivity index (χ4n) is 2.26. The summed E-state index contributed by atoms with van der Waals surface area (Å²) in [5.74, 6) is -0.328. The average Bonchev–Trinajstić information content (AvgIpc) is 2.29. The Kier molecular flexibility index (Phi) is 5.36. The van der Waals surface area contributed by atoms with Crippen LogP contribution < -0.4 is 11.1 Å². The van der Waals surface area contributed by atoms with Crippen molar-refractivity contribution in [1.29, 1.82) is 0 Å². The molecule has 0 aromatic rings. The lowest BCUT2D eigenvalue weighted by atomic mass is 9.74. The quantitative estimate of drug-likeness (QED) is 0.631. The summed E-state index contributed by atoms with van der Waals surface area (Å²) in [4.78, 5) is 10.6. The van der Waals surface area contributed by atoms with Gasteiger partial charge in [-0.05, 0) is 24.2 Å². The molecule has 0 aromatic carbocycles. The van der Waals surface area contributed by atoms with Gasteiger partial charge in [0.25, 0.3) is 0 Å². The molecule has 0 aliphatic carbocycles. The van der Waals surface area contributed by atoms with E-state index in [0.717, 1.165) is 32.6 Å². The first-order chi connectivity index (χ1) is 7.93. The summed E-state index contributed by atoms with van der Waals surface area (Å²) in [7, 11) is 0. The fraction of sp³-hybridized carbons (Fsp3) is 0.917. The normalized spacial score (nSPS) is 20.2. The van der Waals surface area contributed by atoms with Gasteiger partial charge in [-0.15, -0.1) is 0 Å². The second-order valence-corrected chi connectivity index (χ2v) is 5.45. The first-order valence-corrected chi connectivity index (χ1v) is 6.20. The van der Waals surface area contributed by atoms with Gasteiger partial charge in [-0.1, -0.05) is 13.8 Å². The minimum Gasteiger partial charge on any atom is -0.480 e. The molecule has 5 nitrogen and oxygen atoms in total. The Balaban J connectivity index is 2.30. The molecule has 4 N–H and O–H groups in total. The summed E-state index contributed by atoms with van der Waals surface area (Å²) in [6.07, 6.45) is 2.17. The van der Waals surface area contributed by atoms with Gasteiger partial charge in [0.05, 0.1) is 0 Å². The van der Waals surface area contributed by atoms with Crippen molar-refractivity contribution in [2.24, 2.45) is 17.1 Å². The van der Waals surface area contributed by atoms with Crippen molar-refractivity contribution in [2.75, 3.05) is 26.3 Å². The van der Waals surface area contributed by atoms with Crippen molar-refractivity contribution in [3.63, 3.8) is 0 Å². The van der Waals surface area contributed by atoms with Crippen LogP contribution >= 0.6 is 0 Å². The van der Waals surface area contributed by atoms with Crippen molar-refractivity contribution in [3.05, 3.63) is 0 Å². The lowest BCUT2D eigenvalue weighted by molar-refractivity contribution is -0.138. The molecule has 0 amide bonds. The molecule has 1 fully saturated rings. The molecule has 1 atom stereocenters. The Morgan fingerprint density at radius 3 is 2.65 bits per heavy atom. The predicted molar refractivity (Wildman–Crippen MR) is 65.8 cm³/mol. The molecule has 1 saturated heterocycles. The Bertz CT molecular complexity index is 250. The summed E-state index contributed by atoms with van der Waals surface area (Å²) in [5.41, 5.74) is 5.60. The molecule has 0 bridgehead atoms. The summed E-state index contributed by atoms with van der Waals surface area (Å²) in [6, 6.07) is -0.819. The molecule has 5 heteroatoms. The van der Waals surface area contributed by atoms with E-state index in [4.69, 9.17) is 15.6 Å². The van der Waals surface area contributed by atoms with E-state index >= 15 is 0 Å². The van der Waals surface area contributed by atoms with Crippen LogP contribution in [0.1, 0.15) is 26.7 Å². The smallest absolute Gasteiger partial charge is 0.321 e. The number of aliphatic carboxylic acids is 1. The van der Waals surface area contributed by atoms with Gasteiger partial charge in [0.1, 0.15) is 6.04 Å². The molecule has 17 heavy (non-hydrogen) atoms. The van der Waals surface area contributed by atoms with Crippen LogP contribution in [-0.2, 0) is 9.53 Å². The van der Waals surface area contributed by atoms with E-state index in [-0.39, 0.29) is 5.41 Å². The third-order valence-electron chi connectivity index (χ3n) is 3.59. The Morgan fingerprint density at radius 1 is 1.53 bits per heavy atom. The third kappa shape index (κ3) is 4.61. The fourth-order valence-corrected chi connectivity index (χ4v) is 2.26. The lowest BCUT2D eigenvalue weighted by Crippen LogP contribution is -2.45. The number of hydrogen-bond acceptors (Lipinski definition) is 4. The number of rotatable bonds is 6. The molecule has 1 aliphatic rings. The summed E-state index contributed by atoms with van der Waals surface area (Å²) in [5, 5.41) is 11.8. The molecule has 0 spiro atoms. The summed E-state index contributed by atoms with van der Waals surface area (Å²) in [6.45, 7) is 7.21. The molecule has 0 radical (unpaired) electrons. The molecule has 0 saturated carbocycles. The van der Waals surface area contributed by atoms with E-state index in [1.54, 1.807) is 0 Å². The van der Waals surface area contributed by atoms with Crippen LogP contribution in [0.3, 0.4) is 0 Å². The Hall–Kier alpha value is -0.650. The molecular weight excluding hydrogens is 220 g/mol. The number of ether oxygens (including phenoxy) is 1. The molecule has 1 unspecified atom stereocenters. The highest BCUT2D eigenvalue weighted by molar-refractivity contribution is 5.73. The standard InChI is InChI=1S/C12H24N2O3/c1-12(2,9-3-5-17-6-4-9)8-14-7-10(13)11(15)16/h9-10,14H,3-8,13H2,1-2H3,(H,15,16). The molecule has 0 aromatic heterocycles. The summed E-state index contributed by atoms with van der Waals surface area (Å²) >= 11 is 0. The second-order valence-electron chi connectivity index (χ2n) is 5.45. The molecule has 1 heterocycles. The highest BCUT2D eigenvalue weighted by atomic mass is 16.5. The van der Waals surface area contributed by atoms with Crippen molar-refractivity contribution in [2.45, 2.75) is 32.7 Å². The molecule has 1 rings (SSSR count). The third-order valence-corrected chi connectivity index (χ3v) is 3.59. The number of carboxylic acid groups (broad SMARTS) is 1. The largest absolute Gasteiger partial charge is 0.480 e. The van der Waals surface area contributed by atoms with Crippen molar-refractivity contribution in [1.82, 2.24) is 5.32 Å². The van der Waals surface area contributed by atoms with Gasteiger partial charge >= 0.3 is 5.97 Å². The number of hydrogen-bond donors (Lipinski definition) is 3. The average molecular weight is 244 g/mol. The van der Waals surface area contributed by atoms with Crippen LogP contribution in [0.4, 0.5) is 0 Å². The van der Waals surface area contributed by atoms with Gasteiger partial charge in [-0.25, -0.2) is 0 Å². The zero-order chi connectivity index (χ0) is 12.9. The van der Waals surface area contributed by atoms with E-state index in [1.165, 1.54) is 0 Å². The van der Waals surface area contributed by atoms with Gasteiger partial charge in [0.15, 0.2) is 0 Å². The van der Waals surface area contributed by atoms with Gasteiger partial charge in [-0.2, -0.15) is 0 Å². The van der Waals surface area contributed by atoms with E-state index < -0.39 is 12.0 Å². The lowest BCUT2D eigenvalue weighted by Gasteiger charge is -2.37. The Labute approximate surface area is 103 Å². The maximum atomic E-state index is 10.6. The summed E-state index contributed by atoms with van der Waals surface area (Å²) < 4.78 is 5.35. The van der Waals surface area contributed by atoms with Gasteiger partial charge in [0.2, 0.25) is 0 Å². The number of nitrogens with one attached hydrogen (secondary N) is 1. The molecule has 1 aliphatic heterocycles.